The molecule has 1 atom stereocenters. The van der Waals surface area contributed by atoms with Gasteiger partial charge in [-0.25, -0.2) is 9.97 Å². The Balaban J connectivity index is 2.68. The van der Waals surface area contributed by atoms with Crippen molar-refractivity contribution in [2.75, 3.05) is 32.7 Å². The molecule has 1 unspecified atom stereocenters. The predicted octanol–water partition coefficient (Wildman–Crippen LogP) is 0.730. The highest BCUT2D eigenvalue weighted by Crippen LogP contribution is 2.10. The Kier molecular flexibility index (Phi) is 5.33. The van der Waals surface area contributed by atoms with Gasteiger partial charge in [0.1, 0.15) is 23.3 Å². The molecule has 0 amide bonds. The van der Waals surface area contributed by atoms with Crippen molar-refractivity contribution in [3.05, 3.63) is 17.6 Å². The lowest BCUT2D eigenvalue weighted by atomic mass is 10.3. The first-order chi connectivity index (χ1) is 8.21. The number of aromatic nitrogens is 2. The summed E-state index contributed by atoms with van der Waals surface area (Å²) < 4.78 is 10.2. The molecule has 0 aliphatic heterocycles. The smallest absolute Gasteiger partial charge is 0.147 e. The minimum atomic E-state index is -0.0817. The standard InChI is InChI=1S/C11H16N4O2/c1-8-13-5-9(4-12)11(15-8)14-6-10(17-3)7-16-2/h5,10H,6-7H2,1-3H3,(H,13,14,15). The lowest BCUT2D eigenvalue weighted by Crippen LogP contribution is -2.27. The van der Waals surface area contributed by atoms with Gasteiger partial charge < -0.3 is 14.8 Å². The third-order valence-electron chi connectivity index (χ3n) is 2.21. The van der Waals surface area contributed by atoms with E-state index >= 15 is 0 Å². The molecule has 1 aromatic heterocycles. The van der Waals surface area contributed by atoms with Gasteiger partial charge in [0.15, 0.2) is 0 Å². The Morgan fingerprint density at radius 3 is 2.88 bits per heavy atom. The molecule has 0 saturated heterocycles. The fourth-order valence-electron chi connectivity index (χ4n) is 1.29. The molecule has 0 aromatic carbocycles. The summed E-state index contributed by atoms with van der Waals surface area (Å²) >= 11 is 0. The molecule has 0 aliphatic carbocycles. The first kappa shape index (κ1) is 13.4. The van der Waals surface area contributed by atoms with Crippen molar-refractivity contribution in [1.82, 2.24) is 9.97 Å². The SMILES string of the molecule is COCC(CNc1nc(C)ncc1C#N)OC. The fourth-order valence-corrected chi connectivity index (χ4v) is 1.29. The van der Waals surface area contributed by atoms with Crippen molar-refractivity contribution in [2.45, 2.75) is 13.0 Å². The zero-order valence-corrected chi connectivity index (χ0v) is 10.2. The number of hydrogen-bond donors (Lipinski definition) is 1. The molecular formula is C11H16N4O2. The van der Waals surface area contributed by atoms with Gasteiger partial charge in [0.2, 0.25) is 0 Å². The Bertz CT molecular complexity index is 403. The molecule has 0 aliphatic rings. The van der Waals surface area contributed by atoms with Gasteiger partial charge in [-0.15, -0.1) is 0 Å². The maximum Gasteiger partial charge on any atom is 0.147 e. The highest BCUT2D eigenvalue weighted by molar-refractivity contribution is 5.50. The van der Waals surface area contributed by atoms with Crippen molar-refractivity contribution < 1.29 is 9.47 Å². The van der Waals surface area contributed by atoms with Gasteiger partial charge in [0.25, 0.3) is 0 Å². The molecule has 1 aromatic rings. The van der Waals surface area contributed by atoms with Gasteiger partial charge in [0.05, 0.1) is 18.9 Å². The molecule has 92 valence electrons. The Hall–Kier alpha value is -1.71. The Labute approximate surface area is 101 Å². The maximum absolute atomic E-state index is 8.91. The van der Waals surface area contributed by atoms with Crippen LogP contribution in [0.2, 0.25) is 0 Å². The number of aryl methyl sites for hydroxylation is 1. The third kappa shape index (κ3) is 3.98. The normalized spacial score (nSPS) is 11.9. The second kappa shape index (κ2) is 6.78. The van der Waals surface area contributed by atoms with Crippen LogP contribution in [0.15, 0.2) is 6.20 Å². The first-order valence-electron chi connectivity index (χ1n) is 5.20. The summed E-state index contributed by atoms with van der Waals surface area (Å²) in [4.78, 5) is 8.13. The van der Waals surface area contributed by atoms with Crippen LogP contribution in [0.5, 0.6) is 0 Å². The van der Waals surface area contributed by atoms with Crippen molar-refractivity contribution >= 4 is 5.82 Å². The van der Waals surface area contributed by atoms with E-state index in [1.807, 2.05) is 6.07 Å². The van der Waals surface area contributed by atoms with Crippen LogP contribution in [0.25, 0.3) is 0 Å². The number of anilines is 1. The minimum absolute atomic E-state index is 0.0817. The van der Waals surface area contributed by atoms with Crippen LogP contribution in [0.3, 0.4) is 0 Å². The van der Waals surface area contributed by atoms with Crippen molar-refractivity contribution in [3.8, 4) is 6.07 Å². The molecule has 0 fully saturated rings. The fraction of sp³-hybridized carbons (Fsp3) is 0.545. The molecule has 6 heteroatoms. The first-order valence-corrected chi connectivity index (χ1v) is 5.20. The molecule has 6 nitrogen and oxygen atoms in total. The topological polar surface area (TPSA) is 80.1 Å². The summed E-state index contributed by atoms with van der Waals surface area (Å²) in [6, 6.07) is 2.04. The second-order valence-corrected chi connectivity index (χ2v) is 3.49. The van der Waals surface area contributed by atoms with Gasteiger partial charge in [-0.3, -0.25) is 0 Å². The quantitative estimate of drug-likeness (QED) is 0.784. The average Bonchev–Trinajstić information content (AvgIpc) is 2.34. The van der Waals surface area contributed by atoms with Crippen LogP contribution in [0, 0.1) is 18.3 Å². The molecule has 17 heavy (non-hydrogen) atoms. The van der Waals surface area contributed by atoms with Gasteiger partial charge in [0, 0.05) is 20.8 Å². The highest BCUT2D eigenvalue weighted by Gasteiger charge is 2.09. The molecule has 1 rings (SSSR count). The molecule has 0 radical (unpaired) electrons. The van der Waals surface area contributed by atoms with Gasteiger partial charge in [-0.1, -0.05) is 0 Å². The van der Waals surface area contributed by atoms with E-state index in [4.69, 9.17) is 14.7 Å². The highest BCUT2D eigenvalue weighted by atomic mass is 16.5. The summed E-state index contributed by atoms with van der Waals surface area (Å²) in [5.41, 5.74) is 0.419. The van der Waals surface area contributed by atoms with Crippen LogP contribution >= 0.6 is 0 Å². The molecule has 0 bridgehead atoms. The summed E-state index contributed by atoms with van der Waals surface area (Å²) in [6.07, 6.45) is 1.42. The Morgan fingerprint density at radius 2 is 2.29 bits per heavy atom. The number of nitrogens with zero attached hydrogens (tertiary/aromatic N) is 3. The van der Waals surface area contributed by atoms with Gasteiger partial charge >= 0.3 is 0 Å². The zero-order chi connectivity index (χ0) is 12.7. The van der Waals surface area contributed by atoms with Crippen LogP contribution in [-0.4, -0.2) is 43.4 Å². The Morgan fingerprint density at radius 1 is 1.53 bits per heavy atom. The van der Waals surface area contributed by atoms with E-state index in [2.05, 4.69) is 15.3 Å². The average molecular weight is 236 g/mol. The molecular weight excluding hydrogens is 220 g/mol. The van der Waals surface area contributed by atoms with Crippen LogP contribution < -0.4 is 5.32 Å². The van der Waals surface area contributed by atoms with E-state index < -0.39 is 0 Å². The van der Waals surface area contributed by atoms with E-state index in [-0.39, 0.29) is 6.10 Å². The number of nitriles is 1. The number of ether oxygens (including phenoxy) is 2. The third-order valence-corrected chi connectivity index (χ3v) is 2.21. The number of methoxy groups -OCH3 is 2. The summed E-state index contributed by atoms with van der Waals surface area (Å²) in [7, 11) is 3.23. The van der Waals surface area contributed by atoms with Crippen molar-refractivity contribution in [2.24, 2.45) is 0 Å². The summed E-state index contributed by atoms with van der Waals surface area (Å²) in [6.45, 7) is 2.78. The molecule has 0 spiro atoms. The lowest BCUT2D eigenvalue weighted by molar-refractivity contribution is 0.0365. The van der Waals surface area contributed by atoms with Crippen molar-refractivity contribution in [3.63, 3.8) is 0 Å². The van der Waals surface area contributed by atoms with Gasteiger partial charge in [-0.05, 0) is 6.92 Å². The number of nitrogens with one attached hydrogen (secondary N) is 1. The van der Waals surface area contributed by atoms with E-state index in [9.17, 15) is 0 Å². The van der Waals surface area contributed by atoms with Crippen LogP contribution in [0.1, 0.15) is 11.4 Å². The van der Waals surface area contributed by atoms with E-state index in [1.54, 1.807) is 21.1 Å². The number of rotatable bonds is 6. The predicted molar refractivity (Wildman–Crippen MR) is 62.6 cm³/mol. The molecule has 1 heterocycles. The maximum atomic E-state index is 8.91. The van der Waals surface area contributed by atoms with Gasteiger partial charge in [-0.2, -0.15) is 5.26 Å². The monoisotopic (exact) mass is 236 g/mol. The lowest BCUT2D eigenvalue weighted by Gasteiger charge is -2.15. The van der Waals surface area contributed by atoms with Crippen LogP contribution in [0.4, 0.5) is 5.82 Å². The summed E-state index contributed by atoms with van der Waals surface area (Å²) in [5.74, 6) is 1.14. The molecule has 0 saturated carbocycles. The van der Waals surface area contributed by atoms with Crippen molar-refractivity contribution in [1.29, 1.82) is 5.26 Å². The largest absolute Gasteiger partial charge is 0.382 e. The molecule has 1 N–H and O–H groups in total. The number of hydrogen-bond acceptors (Lipinski definition) is 6. The minimum Gasteiger partial charge on any atom is -0.382 e. The van der Waals surface area contributed by atoms with E-state index in [1.165, 1.54) is 6.20 Å². The van der Waals surface area contributed by atoms with Crippen LogP contribution in [-0.2, 0) is 9.47 Å². The zero-order valence-electron chi connectivity index (χ0n) is 10.2. The summed E-state index contributed by atoms with van der Waals surface area (Å²) in [5, 5.41) is 12.0. The van der Waals surface area contributed by atoms with E-state index in [0.29, 0.717) is 30.4 Å². The van der Waals surface area contributed by atoms with E-state index in [0.717, 1.165) is 0 Å². The second-order valence-electron chi connectivity index (χ2n) is 3.49.